The molecule has 1 unspecified atom stereocenters. The molecule has 7 nitrogen and oxygen atoms in total. The molecule has 1 fully saturated rings. The molecular weight excluding hydrogens is 531 g/mol. The number of anilines is 1. The predicted octanol–water partition coefficient (Wildman–Crippen LogP) is 6.22. The number of aliphatic hydroxyl groups is 1. The van der Waals surface area contributed by atoms with E-state index in [1.807, 2.05) is 6.92 Å². The SMILES string of the molecule is CCCCC(O)C(=O)N1CCC(c2nc(C(=O)Nc3ccccc3-c3ccc(OC(F)(F)F)cc3)cs2)CC1. The second kappa shape index (κ2) is 12.6. The highest BCUT2D eigenvalue weighted by molar-refractivity contribution is 7.10. The molecule has 1 aliphatic rings. The number of carbonyl (C=O) groups is 2. The molecule has 0 spiro atoms. The van der Waals surface area contributed by atoms with Gasteiger partial charge in [-0.05, 0) is 43.0 Å². The van der Waals surface area contributed by atoms with Crippen LogP contribution in [0, 0.1) is 0 Å². The minimum atomic E-state index is -4.77. The van der Waals surface area contributed by atoms with Gasteiger partial charge in [0.25, 0.3) is 11.8 Å². The fraction of sp³-hybridized carbons (Fsp3) is 0.393. The van der Waals surface area contributed by atoms with Crippen molar-refractivity contribution < 1.29 is 32.6 Å². The zero-order valence-electron chi connectivity index (χ0n) is 21.4. The van der Waals surface area contributed by atoms with Gasteiger partial charge in [0, 0.05) is 35.6 Å². The van der Waals surface area contributed by atoms with Gasteiger partial charge in [-0.2, -0.15) is 0 Å². The second-order valence-corrected chi connectivity index (χ2v) is 10.3. The molecule has 2 aromatic carbocycles. The molecule has 1 aromatic heterocycles. The number of nitrogens with one attached hydrogen (secondary N) is 1. The Bertz CT molecular complexity index is 1270. The number of halogens is 3. The minimum absolute atomic E-state index is 0.123. The van der Waals surface area contributed by atoms with Crippen molar-refractivity contribution in [3.63, 3.8) is 0 Å². The second-order valence-electron chi connectivity index (χ2n) is 9.40. The predicted molar refractivity (Wildman–Crippen MR) is 143 cm³/mol. The Hall–Kier alpha value is -3.44. The number of hydrogen-bond donors (Lipinski definition) is 2. The molecule has 1 saturated heterocycles. The Morgan fingerprint density at radius 1 is 1.15 bits per heavy atom. The van der Waals surface area contributed by atoms with E-state index in [1.54, 1.807) is 34.5 Å². The van der Waals surface area contributed by atoms with Crippen LogP contribution >= 0.6 is 11.3 Å². The van der Waals surface area contributed by atoms with Gasteiger partial charge in [0.05, 0.1) is 5.01 Å². The third-order valence-electron chi connectivity index (χ3n) is 6.60. The third kappa shape index (κ3) is 7.57. The Balaban J connectivity index is 1.37. The van der Waals surface area contributed by atoms with Crippen LogP contribution in [-0.4, -0.2) is 52.4 Å². The van der Waals surface area contributed by atoms with E-state index < -0.39 is 18.4 Å². The number of amides is 2. The fourth-order valence-corrected chi connectivity index (χ4v) is 5.50. The van der Waals surface area contributed by atoms with E-state index in [0.29, 0.717) is 49.2 Å². The van der Waals surface area contributed by atoms with Gasteiger partial charge in [-0.1, -0.05) is 50.1 Å². The number of piperidine rings is 1. The van der Waals surface area contributed by atoms with Crippen LogP contribution in [0.3, 0.4) is 0 Å². The smallest absolute Gasteiger partial charge is 0.406 e. The summed E-state index contributed by atoms with van der Waals surface area (Å²) in [6.45, 7) is 3.09. The highest BCUT2D eigenvalue weighted by Gasteiger charge is 2.31. The highest BCUT2D eigenvalue weighted by atomic mass is 32.1. The minimum Gasteiger partial charge on any atom is -0.406 e. The van der Waals surface area contributed by atoms with Crippen LogP contribution < -0.4 is 10.1 Å². The number of likely N-dealkylation sites (tertiary alicyclic amines) is 1. The molecule has 2 N–H and O–H groups in total. The van der Waals surface area contributed by atoms with Crippen molar-refractivity contribution in [2.24, 2.45) is 0 Å². The van der Waals surface area contributed by atoms with Crippen LogP contribution in [-0.2, 0) is 4.79 Å². The van der Waals surface area contributed by atoms with Crippen molar-refractivity contribution in [3.05, 3.63) is 64.6 Å². The number of benzene rings is 2. The van der Waals surface area contributed by atoms with Crippen molar-refractivity contribution in [3.8, 4) is 16.9 Å². The lowest BCUT2D eigenvalue weighted by Crippen LogP contribution is -2.43. The number of rotatable bonds is 9. The molecule has 0 bridgehead atoms. The van der Waals surface area contributed by atoms with E-state index in [4.69, 9.17) is 0 Å². The van der Waals surface area contributed by atoms with Crippen molar-refractivity contribution in [2.75, 3.05) is 18.4 Å². The zero-order chi connectivity index (χ0) is 28.0. The maximum absolute atomic E-state index is 13.0. The van der Waals surface area contributed by atoms with E-state index in [9.17, 15) is 27.9 Å². The summed E-state index contributed by atoms with van der Waals surface area (Å²) in [5.41, 5.74) is 2.01. The third-order valence-corrected chi connectivity index (χ3v) is 7.61. The topological polar surface area (TPSA) is 91.8 Å². The van der Waals surface area contributed by atoms with Crippen LogP contribution in [0.4, 0.5) is 18.9 Å². The first-order chi connectivity index (χ1) is 18.6. The van der Waals surface area contributed by atoms with Crippen LogP contribution in [0.15, 0.2) is 53.9 Å². The summed E-state index contributed by atoms with van der Waals surface area (Å²) >= 11 is 1.40. The zero-order valence-corrected chi connectivity index (χ0v) is 22.2. The molecule has 1 aliphatic heterocycles. The highest BCUT2D eigenvalue weighted by Crippen LogP contribution is 2.33. The van der Waals surface area contributed by atoms with Crippen LogP contribution in [0.25, 0.3) is 11.1 Å². The quantitative estimate of drug-likeness (QED) is 0.324. The summed E-state index contributed by atoms with van der Waals surface area (Å²) in [6, 6.07) is 12.4. The van der Waals surface area contributed by atoms with Gasteiger partial charge < -0.3 is 20.1 Å². The van der Waals surface area contributed by atoms with Gasteiger partial charge in [-0.3, -0.25) is 9.59 Å². The van der Waals surface area contributed by atoms with E-state index in [2.05, 4.69) is 15.0 Å². The number of ether oxygens (including phenoxy) is 1. The molecule has 4 rings (SSSR count). The number of alkyl halides is 3. The number of thiazole rings is 1. The Morgan fingerprint density at radius 2 is 1.85 bits per heavy atom. The molecule has 2 heterocycles. The monoisotopic (exact) mass is 561 g/mol. The summed E-state index contributed by atoms with van der Waals surface area (Å²) < 4.78 is 41.3. The lowest BCUT2D eigenvalue weighted by atomic mass is 9.97. The maximum atomic E-state index is 13.0. The average Bonchev–Trinajstić information content (AvgIpc) is 3.42. The number of hydrogen-bond acceptors (Lipinski definition) is 6. The van der Waals surface area contributed by atoms with E-state index in [1.165, 1.54) is 35.6 Å². The molecule has 2 amide bonds. The Morgan fingerprint density at radius 3 is 2.51 bits per heavy atom. The van der Waals surface area contributed by atoms with E-state index >= 15 is 0 Å². The van der Waals surface area contributed by atoms with Crippen LogP contribution in [0.2, 0.25) is 0 Å². The van der Waals surface area contributed by atoms with Crippen molar-refractivity contribution >= 4 is 28.8 Å². The van der Waals surface area contributed by atoms with E-state index in [0.717, 1.165) is 17.8 Å². The van der Waals surface area contributed by atoms with E-state index in [-0.39, 0.29) is 23.3 Å². The molecule has 39 heavy (non-hydrogen) atoms. The lowest BCUT2D eigenvalue weighted by molar-refractivity contribution is -0.274. The largest absolute Gasteiger partial charge is 0.573 e. The Labute approximate surface area is 228 Å². The molecular formula is C28H30F3N3O4S. The summed E-state index contributed by atoms with van der Waals surface area (Å²) in [4.78, 5) is 31.7. The number of para-hydroxylation sites is 1. The first kappa shape index (κ1) is 28.6. The molecule has 1 atom stereocenters. The number of unbranched alkanes of at least 4 members (excludes halogenated alkanes) is 1. The molecule has 208 valence electrons. The van der Waals surface area contributed by atoms with Gasteiger partial charge in [0.2, 0.25) is 0 Å². The number of nitrogens with zero attached hydrogens (tertiary/aromatic N) is 2. The first-order valence-corrected chi connectivity index (χ1v) is 13.7. The summed E-state index contributed by atoms with van der Waals surface area (Å²) in [6.07, 6.45) is -2.11. The molecule has 0 saturated carbocycles. The molecule has 0 radical (unpaired) electrons. The first-order valence-electron chi connectivity index (χ1n) is 12.8. The summed E-state index contributed by atoms with van der Waals surface area (Å²) in [5.74, 6) is -0.820. The van der Waals surface area contributed by atoms with Gasteiger partial charge in [-0.25, -0.2) is 4.98 Å². The van der Waals surface area contributed by atoms with Gasteiger partial charge >= 0.3 is 6.36 Å². The standard InChI is InChI=1S/C28H30F3N3O4S/c1-2-3-8-24(35)27(37)34-15-13-19(14-16-34)26-33-23(17-39-26)25(36)32-22-7-5-4-6-21(22)18-9-11-20(12-10-18)38-28(29,30)31/h4-7,9-12,17,19,24,35H,2-3,8,13-16H2,1H3,(H,32,36). The normalized spacial score (nSPS) is 15.2. The summed E-state index contributed by atoms with van der Waals surface area (Å²) in [7, 11) is 0. The van der Waals surface area contributed by atoms with Crippen LogP contribution in [0.5, 0.6) is 5.75 Å². The fourth-order valence-electron chi connectivity index (χ4n) is 4.52. The van der Waals surface area contributed by atoms with Crippen LogP contribution in [0.1, 0.15) is 60.4 Å². The Kier molecular flexibility index (Phi) is 9.24. The number of aromatic nitrogens is 1. The van der Waals surface area contributed by atoms with Crippen molar-refractivity contribution in [2.45, 2.75) is 57.4 Å². The molecule has 0 aliphatic carbocycles. The van der Waals surface area contributed by atoms with Gasteiger partial charge in [-0.15, -0.1) is 24.5 Å². The molecule has 3 aromatic rings. The van der Waals surface area contributed by atoms with Crippen molar-refractivity contribution in [1.29, 1.82) is 0 Å². The average molecular weight is 562 g/mol. The lowest BCUT2D eigenvalue weighted by Gasteiger charge is -2.32. The number of carbonyl (C=O) groups excluding carboxylic acids is 2. The molecule has 11 heteroatoms. The van der Waals surface area contributed by atoms with Gasteiger partial charge in [0.15, 0.2) is 0 Å². The van der Waals surface area contributed by atoms with Crippen molar-refractivity contribution in [1.82, 2.24) is 9.88 Å². The van der Waals surface area contributed by atoms with Gasteiger partial charge in [0.1, 0.15) is 17.5 Å². The maximum Gasteiger partial charge on any atom is 0.573 e. The number of aliphatic hydroxyl groups excluding tert-OH is 1. The summed E-state index contributed by atoms with van der Waals surface area (Å²) in [5, 5.41) is 15.5.